The molecule has 2 aliphatic heterocycles. The Kier molecular flexibility index (Phi) is 8.78. The van der Waals surface area contributed by atoms with E-state index in [0.29, 0.717) is 57.1 Å². The van der Waals surface area contributed by atoms with Crippen molar-refractivity contribution >= 4 is 57.8 Å². The van der Waals surface area contributed by atoms with E-state index < -0.39 is 18.7 Å². The van der Waals surface area contributed by atoms with Gasteiger partial charge >= 0.3 is 6.36 Å². The molecule has 6 heterocycles. The topological polar surface area (TPSA) is 167 Å². The predicted octanol–water partition coefficient (Wildman–Crippen LogP) is 5.15. The monoisotopic (exact) mass is 741 g/mol. The van der Waals surface area contributed by atoms with Crippen LogP contribution in [-0.4, -0.2) is 90.0 Å². The van der Waals surface area contributed by atoms with Crippen LogP contribution in [0.5, 0.6) is 5.75 Å². The van der Waals surface area contributed by atoms with Crippen molar-refractivity contribution < 1.29 is 37.0 Å². The smallest absolute Gasteiger partial charge is 0.406 e. The van der Waals surface area contributed by atoms with E-state index in [-0.39, 0.29) is 37.3 Å². The van der Waals surface area contributed by atoms with Gasteiger partial charge in [0.2, 0.25) is 11.9 Å². The SMILES string of the molecule is CN(c1cnc2c(c1)nc(Nc1ccc(OC(F)(F)F)cc1)n2C)c1ccnc(Nc2cnn(CC3OCC(N4C(=O)c5ccccc5C4=O)CO3)c2)n1. The molecule has 54 heavy (non-hydrogen) atoms. The molecule has 1 fully saturated rings. The Hall–Kier alpha value is -6.60. The number of anilines is 6. The molecule has 0 atom stereocenters. The van der Waals surface area contributed by atoms with Crippen molar-refractivity contribution in [3.8, 4) is 5.75 Å². The van der Waals surface area contributed by atoms with E-state index in [1.807, 2.05) is 18.0 Å². The zero-order chi connectivity index (χ0) is 37.6. The highest BCUT2D eigenvalue weighted by Crippen LogP contribution is 2.30. The van der Waals surface area contributed by atoms with Crippen LogP contribution in [-0.2, 0) is 23.1 Å². The number of nitrogens with one attached hydrogen (secondary N) is 2. The van der Waals surface area contributed by atoms with E-state index in [1.54, 1.807) is 71.4 Å². The van der Waals surface area contributed by atoms with Gasteiger partial charge in [-0.3, -0.25) is 23.7 Å². The Morgan fingerprint density at radius 2 is 1.65 bits per heavy atom. The van der Waals surface area contributed by atoms with E-state index in [1.165, 1.54) is 29.2 Å². The normalized spacial score (nSPS) is 17.2. The van der Waals surface area contributed by atoms with Gasteiger partial charge in [0.25, 0.3) is 11.8 Å². The summed E-state index contributed by atoms with van der Waals surface area (Å²) in [5, 5.41) is 10.6. The van der Waals surface area contributed by atoms with Crippen LogP contribution in [0.3, 0.4) is 0 Å². The Morgan fingerprint density at radius 3 is 2.35 bits per heavy atom. The number of imide groups is 1. The van der Waals surface area contributed by atoms with Crippen molar-refractivity contribution in [3.05, 3.63) is 96.6 Å². The van der Waals surface area contributed by atoms with E-state index in [4.69, 9.17) is 9.47 Å². The summed E-state index contributed by atoms with van der Waals surface area (Å²) in [4.78, 5) is 46.9. The number of aromatic nitrogens is 7. The van der Waals surface area contributed by atoms with Crippen molar-refractivity contribution in [3.63, 3.8) is 0 Å². The number of pyridine rings is 1. The van der Waals surface area contributed by atoms with Crippen molar-refractivity contribution in [1.82, 2.24) is 39.2 Å². The second-order valence-electron chi connectivity index (χ2n) is 12.4. The van der Waals surface area contributed by atoms with E-state index in [0.717, 1.165) is 0 Å². The molecule has 0 bridgehead atoms. The number of amides is 2. The maximum absolute atomic E-state index is 12.8. The van der Waals surface area contributed by atoms with Gasteiger partial charge in [0.1, 0.15) is 17.1 Å². The number of nitrogens with zero attached hydrogens (tertiary/aromatic N) is 9. The number of hydrogen-bond acceptors (Lipinski definition) is 13. The molecule has 0 saturated carbocycles. The molecule has 2 N–H and O–H groups in total. The van der Waals surface area contributed by atoms with Gasteiger partial charge in [-0.15, -0.1) is 13.2 Å². The zero-order valence-electron chi connectivity index (χ0n) is 28.6. The molecule has 0 radical (unpaired) electrons. The van der Waals surface area contributed by atoms with Gasteiger partial charge in [0, 0.05) is 32.2 Å². The molecule has 2 amide bonds. The summed E-state index contributed by atoms with van der Waals surface area (Å²) < 4.78 is 56.6. The molecule has 2 aromatic carbocycles. The Labute approximate surface area is 304 Å². The third kappa shape index (κ3) is 6.96. The molecule has 8 rings (SSSR count). The number of aryl methyl sites for hydroxylation is 1. The van der Waals surface area contributed by atoms with Gasteiger partial charge in [-0.05, 0) is 48.5 Å². The van der Waals surface area contributed by atoms with Crippen molar-refractivity contribution in [2.24, 2.45) is 7.05 Å². The number of fused-ring (bicyclic) bond motifs is 2. The molecule has 6 aromatic rings. The predicted molar refractivity (Wildman–Crippen MR) is 187 cm³/mol. The van der Waals surface area contributed by atoms with Crippen LogP contribution in [0.2, 0.25) is 0 Å². The average Bonchev–Trinajstić information content (AvgIpc) is 3.81. The number of carbonyl (C=O) groups excluding carboxylic acids is 2. The molecular weight excluding hydrogens is 711 g/mol. The number of ether oxygens (including phenoxy) is 3. The fraction of sp³-hybridized carbons (Fsp3) is 0.229. The van der Waals surface area contributed by atoms with Gasteiger partial charge in [-0.1, -0.05) is 12.1 Å². The lowest BCUT2D eigenvalue weighted by Crippen LogP contribution is -2.50. The second kappa shape index (κ2) is 13.7. The Bertz CT molecular complexity index is 2320. The van der Waals surface area contributed by atoms with E-state index in [9.17, 15) is 22.8 Å². The minimum absolute atomic E-state index is 0.138. The van der Waals surface area contributed by atoms with Gasteiger partial charge in [0.05, 0.1) is 60.7 Å². The number of halogens is 3. The largest absolute Gasteiger partial charge is 0.573 e. The number of benzene rings is 2. The summed E-state index contributed by atoms with van der Waals surface area (Å²) in [5.74, 6) is 0.283. The molecule has 0 unspecified atom stereocenters. The number of rotatable bonds is 10. The van der Waals surface area contributed by atoms with Crippen LogP contribution in [0.1, 0.15) is 20.7 Å². The first-order valence-corrected chi connectivity index (χ1v) is 16.5. The summed E-state index contributed by atoms with van der Waals surface area (Å²) in [6, 6.07) is 15.1. The van der Waals surface area contributed by atoms with Gasteiger partial charge in [0.15, 0.2) is 11.9 Å². The summed E-state index contributed by atoms with van der Waals surface area (Å²) in [5.41, 5.74) is 3.74. The highest BCUT2D eigenvalue weighted by atomic mass is 19.4. The summed E-state index contributed by atoms with van der Waals surface area (Å²) in [6.07, 6.45) is 1.23. The van der Waals surface area contributed by atoms with Crippen molar-refractivity contribution in [2.45, 2.75) is 25.2 Å². The van der Waals surface area contributed by atoms with Gasteiger partial charge < -0.3 is 29.7 Å². The van der Waals surface area contributed by atoms with Crippen molar-refractivity contribution in [2.75, 3.05) is 35.8 Å². The van der Waals surface area contributed by atoms with Crippen LogP contribution in [0.25, 0.3) is 11.2 Å². The first-order valence-electron chi connectivity index (χ1n) is 16.5. The first-order chi connectivity index (χ1) is 26.0. The molecule has 2 aliphatic rings. The Balaban J connectivity index is 0.875. The highest BCUT2D eigenvalue weighted by molar-refractivity contribution is 6.21. The summed E-state index contributed by atoms with van der Waals surface area (Å²) in [7, 11) is 3.59. The molecule has 19 heteroatoms. The minimum Gasteiger partial charge on any atom is -0.406 e. The lowest BCUT2D eigenvalue weighted by atomic mass is 10.1. The average molecular weight is 742 g/mol. The fourth-order valence-electron chi connectivity index (χ4n) is 6.09. The zero-order valence-corrected chi connectivity index (χ0v) is 28.6. The molecule has 1 saturated heterocycles. The lowest BCUT2D eigenvalue weighted by Gasteiger charge is -2.33. The summed E-state index contributed by atoms with van der Waals surface area (Å²) >= 11 is 0. The molecule has 0 aliphatic carbocycles. The molecule has 276 valence electrons. The quantitative estimate of drug-likeness (QED) is 0.177. The Morgan fingerprint density at radius 1 is 0.926 bits per heavy atom. The highest BCUT2D eigenvalue weighted by Gasteiger charge is 2.41. The molecule has 0 spiro atoms. The molecular formula is C35H30F3N11O5. The molecule has 4 aromatic heterocycles. The van der Waals surface area contributed by atoms with Crippen LogP contribution in [0, 0.1) is 0 Å². The fourth-order valence-corrected chi connectivity index (χ4v) is 6.09. The van der Waals surface area contributed by atoms with Gasteiger partial charge in [-0.25, -0.2) is 15.0 Å². The number of alkyl halides is 3. The molecule has 16 nitrogen and oxygen atoms in total. The minimum atomic E-state index is -4.77. The van der Waals surface area contributed by atoms with Crippen LogP contribution < -0.4 is 20.3 Å². The number of carbonyl (C=O) groups is 2. The maximum atomic E-state index is 12.8. The third-order valence-corrected chi connectivity index (χ3v) is 8.78. The van der Waals surface area contributed by atoms with Crippen LogP contribution >= 0.6 is 0 Å². The standard InChI is InChI=1S/C35H30F3N11O5/c1-46(22-13-27-30(40-15-22)47(2)34(44-27)43-20-7-9-24(10-8-20)54-35(36,37)38)28-11-12-39-33(45-28)42-21-14-41-48(16-21)17-29-52-18-23(19-53-29)49-31(50)25-5-3-4-6-26(25)32(49)51/h3-16,23,29H,17-19H2,1-2H3,(H,43,44)(H,39,42,45). The van der Waals surface area contributed by atoms with Crippen LogP contribution in [0.15, 0.2) is 85.5 Å². The maximum Gasteiger partial charge on any atom is 0.573 e. The third-order valence-electron chi connectivity index (χ3n) is 8.78. The first kappa shape index (κ1) is 34.5. The van der Waals surface area contributed by atoms with Gasteiger partial charge in [-0.2, -0.15) is 10.1 Å². The van der Waals surface area contributed by atoms with Crippen LogP contribution in [0.4, 0.5) is 47.9 Å². The van der Waals surface area contributed by atoms with E-state index >= 15 is 0 Å². The number of imidazole rings is 1. The lowest BCUT2D eigenvalue weighted by molar-refractivity contribution is -0.274. The second-order valence-corrected chi connectivity index (χ2v) is 12.4. The van der Waals surface area contributed by atoms with Crippen molar-refractivity contribution in [1.29, 1.82) is 0 Å². The van der Waals surface area contributed by atoms with E-state index in [2.05, 4.69) is 40.4 Å². The summed E-state index contributed by atoms with van der Waals surface area (Å²) in [6.45, 7) is 0.543. The number of hydrogen-bond donors (Lipinski definition) is 2.